The van der Waals surface area contributed by atoms with Crippen LogP contribution in [0, 0.1) is 0 Å². The van der Waals surface area contributed by atoms with Crippen LogP contribution in [0.25, 0.3) is 0 Å². The van der Waals surface area contributed by atoms with E-state index in [1.165, 1.54) is 14.0 Å². The summed E-state index contributed by atoms with van der Waals surface area (Å²) in [5.41, 5.74) is 1.67. The average Bonchev–Trinajstić information content (AvgIpc) is 2.65. The van der Waals surface area contributed by atoms with Crippen LogP contribution >= 0.6 is 0 Å². The Kier molecular flexibility index (Phi) is 7.98. The first-order valence-corrected chi connectivity index (χ1v) is 9.39. The molecule has 1 aromatic rings. The molecule has 152 valence electrons. The van der Waals surface area contributed by atoms with Crippen LogP contribution in [-0.4, -0.2) is 49.4 Å². The van der Waals surface area contributed by atoms with E-state index in [9.17, 15) is 19.2 Å². The number of carbonyl (C=O) groups is 4. The van der Waals surface area contributed by atoms with Crippen LogP contribution < -0.4 is 16.0 Å². The summed E-state index contributed by atoms with van der Waals surface area (Å²) in [6.45, 7) is 1.78. The fourth-order valence-corrected chi connectivity index (χ4v) is 3.16. The van der Waals surface area contributed by atoms with Gasteiger partial charge in [0, 0.05) is 32.7 Å². The Hall–Kier alpha value is -2.90. The van der Waals surface area contributed by atoms with Gasteiger partial charge < -0.3 is 20.7 Å². The van der Waals surface area contributed by atoms with E-state index in [0.29, 0.717) is 25.8 Å². The third kappa shape index (κ3) is 6.68. The van der Waals surface area contributed by atoms with E-state index >= 15 is 0 Å². The molecule has 2 bridgehead atoms. The monoisotopic (exact) mass is 389 g/mol. The summed E-state index contributed by atoms with van der Waals surface area (Å²) < 4.78 is 4.82. The predicted octanol–water partition coefficient (Wildman–Crippen LogP) is 0.234. The topological polar surface area (TPSA) is 114 Å². The van der Waals surface area contributed by atoms with Crippen LogP contribution in [0.3, 0.4) is 0 Å². The van der Waals surface area contributed by atoms with Gasteiger partial charge in [0.25, 0.3) is 0 Å². The van der Waals surface area contributed by atoms with Gasteiger partial charge in [0.15, 0.2) is 0 Å². The van der Waals surface area contributed by atoms with Crippen LogP contribution in [0.2, 0.25) is 0 Å². The third-order valence-corrected chi connectivity index (χ3v) is 4.52. The minimum atomic E-state index is -0.774. The van der Waals surface area contributed by atoms with Crippen LogP contribution in [0.15, 0.2) is 24.3 Å². The van der Waals surface area contributed by atoms with Crippen molar-refractivity contribution in [3.8, 4) is 0 Å². The van der Waals surface area contributed by atoms with Gasteiger partial charge in [0.2, 0.25) is 17.7 Å². The van der Waals surface area contributed by atoms with Gasteiger partial charge in [0.1, 0.15) is 12.1 Å². The number of methoxy groups -OCH3 is 1. The summed E-state index contributed by atoms with van der Waals surface area (Å²) in [4.78, 5) is 48.2. The number of hydrogen-bond acceptors (Lipinski definition) is 5. The molecular weight excluding hydrogens is 362 g/mol. The number of fused-ring (bicyclic) bond motifs is 2. The van der Waals surface area contributed by atoms with Crippen molar-refractivity contribution in [1.29, 1.82) is 0 Å². The maximum Gasteiger partial charge on any atom is 0.328 e. The van der Waals surface area contributed by atoms with E-state index in [4.69, 9.17) is 4.74 Å². The summed E-state index contributed by atoms with van der Waals surface area (Å²) in [6.07, 6.45) is 2.04. The Balaban J connectivity index is 2.28. The first-order valence-electron chi connectivity index (χ1n) is 9.39. The van der Waals surface area contributed by atoms with Crippen molar-refractivity contribution in [2.45, 2.75) is 51.1 Å². The smallest absolute Gasteiger partial charge is 0.328 e. The molecule has 28 heavy (non-hydrogen) atoms. The summed E-state index contributed by atoms with van der Waals surface area (Å²) in [6, 6.07) is 5.93. The Bertz CT molecular complexity index is 717. The van der Waals surface area contributed by atoms with Crippen molar-refractivity contribution in [3.63, 3.8) is 0 Å². The molecule has 1 aliphatic rings. The standard InChI is InChI=1S/C20H27N3O5/c1-13(24)22-16-11-14-6-5-7-15(10-14)12-17(20(27)28-2)23-18(25)8-3-4-9-21-19(16)26/h5-7,10,16-17H,3-4,8-9,11-12H2,1-2H3,(H,21,26)(H,22,24)(H,23,25)/t16-,17-/m0/s1. The molecule has 1 aliphatic heterocycles. The molecular formula is C20H27N3O5. The molecule has 3 N–H and O–H groups in total. The number of ether oxygens (including phenoxy) is 1. The number of carbonyl (C=O) groups excluding carboxylic acids is 4. The number of benzene rings is 1. The molecule has 0 spiro atoms. The van der Waals surface area contributed by atoms with E-state index < -0.39 is 18.1 Å². The fraction of sp³-hybridized carbons (Fsp3) is 0.500. The zero-order chi connectivity index (χ0) is 20.5. The van der Waals surface area contributed by atoms with Crippen LogP contribution in [0.1, 0.15) is 37.3 Å². The minimum Gasteiger partial charge on any atom is -0.467 e. The minimum absolute atomic E-state index is 0.233. The average molecular weight is 389 g/mol. The molecule has 3 amide bonds. The van der Waals surface area contributed by atoms with E-state index in [-0.39, 0.29) is 30.6 Å². The molecule has 2 rings (SSSR count). The largest absolute Gasteiger partial charge is 0.467 e. The summed E-state index contributed by atoms with van der Waals surface area (Å²) >= 11 is 0. The lowest BCUT2D eigenvalue weighted by atomic mass is 9.99. The van der Waals surface area contributed by atoms with Crippen LogP contribution in [0.4, 0.5) is 0 Å². The molecule has 0 unspecified atom stereocenters. The number of esters is 1. The van der Waals surface area contributed by atoms with Crippen molar-refractivity contribution < 1.29 is 23.9 Å². The zero-order valence-corrected chi connectivity index (χ0v) is 16.2. The van der Waals surface area contributed by atoms with Gasteiger partial charge in [0.05, 0.1) is 7.11 Å². The van der Waals surface area contributed by atoms with Gasteiger partial charge >= 0.3 is 5.97 Å². The molecule has 0 fully saturated rings. The molecule has 1 aromatic carbocycles. The Morgan fingerprint density at radius 3 is 2.54 bits per heavy atom. The number of hydrogen-bond donors (Lipinski definition) is 3. The highest BCUT2D eigenvalue weighted by atomic mass is 16.5. The maximum atomic E-state index is 12.5. The molecule has 0 aromatic heterocycles. The van der Waals surface area contributed by atoms with Gasteiger partial charge in [-0.3, -0.25) is 14.4 Å². The van der Waals surface area contributed by atoms with Gasteiger partial charge in [-0.2, -0.15) is 0 Å². The third-order valence-electron chi connectivity index (χ3n) is 4.52. The molecule has 0 radical (unpaired) electrons. The van der Waals surface area contributed by atoms with Crippen LogP contribution in [0.5, 0.6) is 0 Å². The van der Waals surface area contributed by atoms with Crippen LogP contribution in [-0.2, 0) is 36.8 Å². The Morgan fingerprint density at radius 2 is 1.86 bits per heavy atom. The van der Waals surface area contributed by atoms with Crippen molar-refractivity contribution in [1.82, 2.24) is 16.0 Å². The molecule has 8 nitrogen and oxygen atoms in total. The van der Waals surface area contributed by atoms with Gasteiger partial charge in [-0.05, 0) is 24.0 Å². The highest BCUT2D eigenvalue weighted by molar-refractivity contribution is 5.87. The first-order chi connectivity index (χ1) is 13.4. The maximum absolute atomic E-state index is 12.5. The van der Waals surface area contributed by atoms with Gasteiger partial charge in [-0.1, -0.05) is 24.3 Å². The SMILES string of the molecule is COC(=O)[C@@H]1Cc2cccc(c2)C[C@H](NC(C)=O)C(=O)NCCCCC(=O)N1. The summed E-state index contributed by atoms with van der Waals surface area (Å²) in [5, 5.41) is 8.22. The summed E-state index contributed by atoms with van der Waals surface area (Å²) in [7, 11) is 1.29. The van der Waals surface area contributed by atoms with Crippen molar-refractivity contribution >= 4 is 23.7 Å². The van der Waals surface area contributed by atoms with E-state index in [0.717, 1.165) is 11.1 Å². The van der Waals surface area contributed by atoms with E-state index in [2.05, 4.69) is 16.0 Å². The lowest BCUT2D eigenvalue weighted by Crippen LogP contribution is -2.47. The van der Waals surface area contributed by atoms with Gasteiger partial charge in [-0.15, -0.1) is 0 Å². The van der Waals surface area contributed by atoms with E-state index in [1.54, 1.807) is 0 Å². The normalized spacial score (nSPS) is 21.4. The second-order valence-corrected chi connectivity index (χ2v) is 6.87. The van der Waals surface area contributed by atoms with E-state index in [1.807, 2.05) is 24.3 Å². The molecule has 1 heterocycles. The second kappa shape index (κ2) is 10.4. The number of rotatable bonds is 2. The predicted molar refractivity (Wildman–Crippen MR) is 102 cm³/mol. The number of amides is 3. The molecule has 2 atom stereocenters. The first kappa shape index (κ1) is 21.4. The molecule has 8 heteroatoms. The second-order valence-electron chi connectivity index (χ2n) is 6.87. The van der Waals surface area contributed by atoms with Crippen molar-refractivity contribution in [3.05, 3.63) is 35.4 Å². The highest BCUT2D eigenvalue weighted by Gasteiger charge is 2.23. The lowest BCUT2D eigenvalue weighted by Gasteiger charge is -2.18. The molecule has 0 saturated heterocycles. The number of nitrogens with one attached hydrogen (secondary N) is 3. The molecule has 0 aliphatic carbocycles. The fourth-order valence-electron chi connectivity index (χ4n) is 3.16. The zero-order valence-electron chi connectivity index (χ0n) is 16.2. The van der Waals surface area contributed by atoms with Crippen molar-refractivity contribution in [2.24, 2.45) is 0 Å². The Labute approximate surface area is 164 Å². The Morgan fingerprint density at radius 1 is 1.14 bits per heavy atom. The lowest BCUT2D eigenvalue weighted by molar-refractivity contribution is -0.145. The quantitative estimate of drug-likeness (QED) is 0.627. The highest BCUT2D eigenvalue weighted by Crippen LogP contribution is 2.12. The molecule has 0 saturated carbocycles. The summed E-state index contributed by atoms with van der Waals surface area (Å²) in [5.74, 6) is -1.28. The van der Waals surface area contributed by atoms with Crippen molar-refractivity contribution in [2.75, 3.05) is 13.7 Å². The van der Waals surface area contributed by atoms with Gasteiger partial charge in [-0.25, -0.2) is 4.79 Å².